The number of aryl methyl sites for hydroxylation is 1. The number of nitrogens with zero attached hydrogens (tertiary/aromatic N) is 4. The predicted molar refractivity (Wildman–Crippen MR) is 105 cm³/mol. The summed E-state index contributed by atoms with van der Waals surface area (Å²) in [5.74, 6) is 0.652. The Morgan fingerprint density at radius 2 is 1.69 bits per heavy atom. The number of halogens is 3. The lowest BCUT2D eigenvalue weighted by Crippen LogP contribution is -2.06. The van der Waals surface area contributed by atoms with Crippen LogP contribution in [-0.4, -0.2) is 19.7 Å². The Morgan fingerprint density at radius 3 is 2.34 bits per heavy atom. The van der Waals surface area contributed by atoms with Crippen molar-refractivity contribution < 1.29 is 13.2 Å². The van der Waals surface area contributed by atoms with E-state index in [9.17, 15) is 13.2 Å². The number of benzene rings is 2. The largest absolute Gasteiger partial charge is 0.416 e. The van der Waals surface area contributed by atoms with Gasteiger partial charge in [0.05, 0.1) is 16.6 Å². The topological polar surface area (TPSA) is 81.7 Å². The molecule has 0 atom stereocenters. The molecule has 0 saturated carbocycles. The van der Waals surface area contributed by atoms with Crippen molar-refractivity contribution >= 4 is 22.8 Å². The van der Waals surface area contributed by atoms with Gasteiger partial charge in [0.25, 0.3) is 0 Å². The molecule has 0 amide bonds. The standard InChI is InChI=1S/C20H17F3N6/c1-29-17(24)15-16(13-7-9-14(10-8-13)20(21,22)23)26-19(27-18(15)28-29)25-11-12-5-3-2-4-6-12/h2-10H,11,24H2,1H3,(H,25,27,28). The molecule has 0 aliphatic carbocycles. The summed E-state index contributed by atoms with van der Waals surface area (Å²) in [4.78, 5) is 8.92. The SMILES string of the molecule is Cn1nc2nc(NCc3ccccc3)nc(-c3ccc(C(F)(F)F)cc3)c2c1N. The maximum atomic E-state index is 12.9. The molecule has 2 aromatic carbocycles. The van der Waals surface area contributed by atoms with E-state index in [1.165, 1.54) is 16.8 Å². The van der Waals surface area contributed by atoms with Crippen molar-refractivity contribution in [1.29, 1.82) is 0 Å². The molecule has 3 N–H and O–H groups in total. The van der Waals surface area contributed by atoms with Crippen LogP contribution in [0.4, 0.5) is 24.9 Å². The first-order chi connectivity index (χ1) is 13.8. The first kappa shape index (κ1) is 18.7. The molecule has 2 aromatic heterocycles. The van der Waals surface area contributed by atoms with E-state index in [4.69, 9.17) is 5.73 Å². The average Bonchev–Trinajstić information content (AvgIpc) is 3.00. The Hall–Kier alpha value is -3.62. The number of rotatable bonds is 4. The number of nitrogens with one attached hydrogen (secondary N) is 1. The minimum absolute atomic E-state index is 0.314. The van der Waals surface area contributed by atoms with Crippen molar-refractivity contribution in [3.63, 3.8) is 0 Å². The molecule has 0 aliphatic heterocycles. The lowest BCUT2D eigenvalue weighted by atomic mass is 10.1. The summed E-state index contributed by atoms with van der Waals surface area (Å²) in [6, 6.07) is 14.5. The molecule has 6 nitrogen and oxygen atoms in total. The van der Waals surface area contributed by atoms with Gasteiger partial charge in [-0.1, -0.05) is 42.5 Å². The maximum Gasteiger partial charge on any atom is 0.416 e. The zero-order valence-corrected chi connectivity index (χ0v) is 15.4. The zero-order valence-electron chi connectivity index (χ0n) is 15.4. The molecule has 0 bridgehead atoms. The van der Waals surface area contributed by atoms with E-state index in [1.54, 1.807) is 7.05 Å². The molecule has 0 unspecified atom stereocenters. The van der Waals surface area contributed by atoms with Crippen LogP contribution in [0.1, 0.15) is 11.1 Å². The molecular weight excluding hydrogens is 381 g/mol. The number of anilines is 2. The molecule has 0 fully saturated rings. The van der Waals surface area contributed by atoms with Crippen LogP contribution in [-0.2, 0) is 19.8 Å². The summed E-state index contributed by atoms with van der Waals surface area (Å²) in [5, 5.41) is 7.92. The molecule has 0 spiro atoms. The third-order valence-electron chi connectivity index (χ3n) is 4.52. The molecule has 2 heterocycles. The molecule has 4 rings (SSSR count). The number of aromatic nitrogens is 4. The van der Waals surface area contributed by atoms with Crippen LogP contribution in [0.15, 0.2) is 54.6 Å². The molecule has 29 heavy (non-hydrogen) atoms. The quantitative estimate of drug-likeness (QED) is 0.537. The highest BCUT2D eigenvalue weighted by atomic mass is 19.4. The number of nitrogen functional groups attached to an aromatic ring is 1. The number of fused-ring (bicyclic) bond motifs is 1. The molecule has 0 aliphatic rings. The van der Waals surface area contributed by atoms with Gasteiger partial charge in [-0.2, -0.15) is 23.3 Å². The Morgan fingerprint density at radius 1 is 1.00 bits per heavy atom. The van der Waals surface area contributed by atoms with Crippen molar-refractivity contribution in [1.82, 2.24) is 19.7 Å². The summed E-state index contributed by atoms with van der Waals surface area (Å²) in [5.41, 5.74) is 7.70. The maximum absolute atomic E-state index is 12.9. The van der Waals surface area contributed by atoms with Crippen LogP contribution < -0.4 is 11.1 Å². The van der Waals surface area contributed by atoms with Gasteiger partial charge in [-0.05, 0) is 17.7 Å². The smallest absolute Gasteiger partial charge is 0.383 e. The first-order valence-electron chi connectivity index (χ1n) is 8.78. The van der Waals surface area contributed by atoms with Crippen molar-refractivity contribution in [2.45, 2.75) is 12.7 Å². The van der Waals surface area contributed by atoms with Crippen LogP contribution in [0, 0.1) is 0 Å². The fourth-order valence-electron chi connectivity index (χ4n) is 3.00. The normalized spacial score (nSPS) is 11.7. The fraction of sp³-hybridized carbons (Fsp3) is 0.150. The Balaban J connectivity index is 1.77. The Labute approximate surface area is 164 Å². The molecule has 4 aromatic rings. The van der Waals surface area contributed by atoms with Crippen molar-refractivity contribution in [3.05, 3.63) is 65.7 Å². The van der Waals surface area contributed by atoms with Crippen molar-refractivity contribution in [2.75, 3.05) is 11.1 Å². The van der Waals surface area contributed by atoms with E-state index in [0.29, 0.717) is 40.6 Å². The molecule has 9 heteroatoms. The predicted octanol–water partition coefficient (Wildman–Crippen LogP) is 4.24. The van der Waals surface area contributed by atoms with Gasteiger partial charge in [0.1, 0.15) is 5.82 Å². The van der Waals surface area contributed by atoms with Crippen molar-refractivity contribution in [2.24, 2.45) is 7.05 Å². The number of alkyl halides is 3. The molecule has 0 saturated heterocycles. The Kier molecular flexibility index (Phi) is 4.57. The van der Waals surface area contributed by atoms with Gasteiger partial charge in [-0.25, -0.2) is 4.98 Å². The van der Waals surface area contributed by atoms with Crippen LogP contribution in [0.3, 0.4) is 0 Å². The summed E-state index contributed by atoms with van der Waals surface area (Å²) >= 11 is 0. The van der Waals surface area contributed by atoms with Crippen LogP contribution in [0.5, 0.6) is 0 Å². The van der Waals surface area contributed by atoms with Gasteiger partial charge in [0.15, 0.2) is 5.65 Å². The monoisotopic (exact) mass is 398 g/mol. The first-order valence-corrected chi connectivity index (χ1v) is 8.78. The van der Waals surface area contributed by atoms with Crippen LogP contribution in [0.2, 0.25) is 0 Å². The highest BCUT2D eigenvalue weighted by molar-refractivity contribution is 5.98. The number of nitrogens with two attached hydrogens (primary N) is 1. The van der Waals surface area contributed by atoms with E-state index in [1.807, 2.05) is 30.3 Å². The second-order valence-electron chi connectivity index (χ2n) is 6.52. The molecule has 148 valence electrons. The van der Waals surface area contributed by atoms with Gasteiger partial charge in [-0.3, -0.25) is 4.68 Å². The third kappa shape index (κ3) is 3.71. The van der Waals surface area contributed by atoms with E-state index in [0.717, 1.165) is 17.7 Å². The molecular formula is C20H17F3N6. The van der Waals surface area contributed by atoms with Crippen LogP contribution in [0.25, 0.3) is 22.3 Å². The summed E-state index contributed by atoms with van der Waals surface area (Å²) in [6.07, 6.45) is -4.41. The van der Waals surface area contributed by atoms with E-state index in [-0.39, 0.29) is 0 Å². The lowest BCUT2D eigenvalue weighted by Gasteiger charge is -2.10. The second kappa shape index (κ2) is 7.08. The number of hydrogen-bond acceptors (Lipinski definition) is 5. The third-order valence-corrected chi connectivity index (χ3v) is 4.52. The van der Waals surface area contributed by atoms with Gasteiger partial charge in [0, 0.05) is 19.2 Å². The highest BCUT2D eigenvalue weighted by Crippen LogP contribution is 2.34. The average molecular weight is 398 g/mol. The summed E-state index contributed by atoms with van der Waals surface area (Å²) < 4.78 is 40.2. The lowest BCUT2D eigenvalue weighted by molar-refractivity contribution is -0.137. The fourth-order valence-corrected chi connectivity index (χ4v) is 3.00. The Bertz CT molecular complexity index is 1150. The van der Waals surface area contributed by atoms with Gasteiger partial charge in [-0.15, -0.1) is 0 Å². The molecule has 0 radical (unpaired) electrons. The summed E-state index contributed by atoms with van der Waals surface area (Å²) in [6.45, 7) is 0.487. The van der Waals surface area contributed by atoms with Crippen LogP contribution >= 0.6 is 0 Å². The highest BCUT2D eigenvalue weighted by Gasteiger charge is 2.30. The van der Waals surface area contributed by atoms with Crippen molar-refractivity contribution in [3.8, 4) is 11.3 Å². The van der Waals surface area contributed by atoms with Gasteiger partial charge >= 0.3 is 6.18 Å². The zero-order chi connectivity index (χ0) is 20.6. The minimum atomic E-state index is -4.41. The van der Waals surface area contributed by atoms with Gasteiger partial charge < -0.3 is 11.1 Å². The minimum Gasteiger partial charge on any atom is -0.383 e. The summed E-state index contributed by atoms with van der Waals surface area (Å²) in [7, 11) is 1.67. The van der Waals surface area contributed by atoms with E-state index >= 15 is 0 Å². The second-order valence-corrected chi connectivity index (χ2v) is 6.52. The van der Waals surface area contributed by atoms with E-state index < -0.39 is 11.7 Å². The van der Waals surface area contributed by atoms with Gasteiger partial charge in [0.2, 0.25) is 5.95 Å². The van der Waals surface area contributed by atoms with E-state index in [2.05, 4.69) is 20.4 Å². The number of hydrogen-bond donors (Lipinski definition) is 2.